The molecular weight excluding hydrogens is 449 g/mol. The molecule has 34 heavy (non-hydrogen) atoms. The minimum Gasteiger partial charge on any atom is -0.504 e. The van der Waals surface area contributed by atoms with Gasteiger partial charge in [0, 0.05) is 30.0 Å². The molecule has 2 aromatic carbocycles. The summed E-state index contributed by atoms with van der Waals surface area (Å²) in [4.78, 5) is 20.4. The Morgan fingerprint density at radius 3 is 2.56 bits per heavy atom. The van der Waals surface area contributed by atoms with Crippen LogP contribution >= 0.6 is 0 Å². The summed E-state index contributed by atoms with van der Waals surface area (Å²) in [6.07, 6.45) is -4.05. The Hall–Kier alpha value is -3.56. The maximum Gasteiger partial charge on any atom is 0.416 e. The van der Waals surface area contributed by atoms with Gasteiger partial charge in [-0.25, -0.2) is 9.97 Å². The molecule has 0 fully saturated rings. The Morgan fingerprint density at radius 2 is 1.91 bits per heavy atom. The van der Waals surface area contributed by atoms with Gasteiger partial charge in [0.1, 0.15) is 17.2 Å². The number of carbonyl (C=O) groups is 1. The van der Waals surface area contributed by atoms with Gasteiger partial charge in [-0.2, -0.15) is 13.2 Å². The number of hydrogen-bond donors (Lipinski definition) is 3. The summed E-state index contributed by atoms with van der Waals surface area (Å²) in [6, 6.07) is 4.29. The van der Waals surface area contributed by atoms with E-state index in [1.54, 1.807) is 13.8 Å². The lowest BCUT2D eigenvalue weighted by Crippen LogP contribution is -2.24. The Balaban J connectivity index is 1.78. The summed E-state index contributed by atoms with van der Waals surface area (Å²) < 4.78 is 46.3. The number of benzene rings is 2. The Labute approximate surface area is 194 Å². The molecular formula is C24H25F3N4O3. The van der Waals surface area contributed by atoms with Gasteiger partial charge in [0.25, 0.3) is 0 Å². The van der Waals surface area contributed by atoms with Crippen LogP contribution in [0.1, 0.15) is 56.3 Å². The summed E-state index contributed by atoms with van der Waals surface area (Å²) in [6.45, 7) is 8.46. The first-order valence-electron chi connectivity index (χ1n) is 10.7. The molecule has 0 bridgehead atoms. The molecule has 10 heteroatoms. The number of halogens is 3. The van der Waals surface area contributed by atoms with Gasteiger partial charge in [-0.05, 0) is 57.5 Å². The lowest BCUT2D eigenvalue weighted by Gasteiger charge is -2.20. The molecule has 1 aliphatic rings. The smallest absolute Gasteiger partial charge is 0.416 e. The van der Waals surface area contributed by atoms with Crippen LogP contribution in [0.15, 0.2) is 24.3 Å². The highest BCUT2D eigenvalue weighted by molar-refractivity contribution is 5.95. The van der Waals surface area contributed by atoms with Gasteiger partial charge >= 0.3 is 6.18 Å². The minimum atomic E-state index is -4.58. The van der Waals surface area contributed by atoms with Crippen LogP contribution in [0.25, 0.3) is 10.9 Å². The molecule has 0 radical (unpaired) electrons. The molecule has 3 aromatic rings. The molecule has 180 valence electrons. The van der Waals surface area contributed by atoms with E-state index < -0.39 is 29.3 Å². The number of anilines is 2. The second-order valence-electron chi connectivity index (χ2n) is 9.15. The number of nitrogens with zero attached hydrogens (tertiary/aromatic N) is 2. The van der Waals surface area contributed by atoms with Gasteiger partial charge in [0.05, 0.1) is 17.1 Å². The lowest BCUT2D eigenvalue weighted by atomic mass is 9.98. The fourth-order valence-corrected chi connectivity index (χ4v) is 4.17. The Bertz CT molecular complexity index is 1310. The second kappa shape index (κ2) is 8.03. The predicted molar refractivity (Wildman–Crippen MR) is 122 cm³/mol. The van der Waals surface area contributed by atoms with Gasteiger partial charge in [-0.15, -0.1) is 0 Å². The van der Waals surface area contributed by atoms with Crippen molar-refractivity contribution in [2.75, 3.05) is 10.6 Å². The second-order valence-corrected chi connectivity index (χ2v) is 9.15. The minimum absolute atomic E-state index is 0.0459. The normalized spacial score (nSPS) is 15.5. The van der Waals surface area contributed by atoms with Gasteiger partial charge in [-0.3, -0.25) is 4.79 Å². The summed E-state index contributed by atoms with van der Waals surface area (Å²) >= 11 is 0. The molecule has 0 unspecified atom stereocenters. The van der Waals surface area contributed by atoms with Gasteiger partial charge in [0.15, 0.2) is 11.5 Å². The lowest BCUT2D eigenvalue weighted by molar-refractivity contribution is -0.137. The summed E-state index contributed by atoms with van der Waals surface area (Å²) in [5.41, 5.74) is 0.339. The van der Waals surface area contributed by atoms with Crippen molar-refractivity contribution < 1.29 is 27.8 Å². The van der Waals surface area contributed by atoms with E-state index in [1.165, 1.54) is 19.1 Å². The first-order valence-corrected chi connectivity index (χ1v) is 10.7. The zero-order chi connectivity index (χ0) is 25.0. The van der Waals surface area contributed by atoms with Crippen LogP contribution < -0.4 is 15.4 Å². The number of rotatable bonds is 4. The molecule has 2 heterocycles. The molecule has 1 atom stereocenters. The first kappa shape index (κ1) is 23.6. The average Bonchev–Trinajstić information content (AvgIpc) is 3.04. The summed E-state index contributed by atoms with van der Waals surface area (Å²) in [7, 11) is 0. The van der Waals surface area contributed by atoms with Crippen molar-refractivity contribution in [2.24, 2.45) is 0 Å². The van der Waals surface area contributed by atoms with E-state index in [2.05, 4.69) is 20.6 Å². The van der Waals surface area contributed by atoms with Gasteiger partial charge in [0.2, 0.25) is 5.91 Å². The SMILES string of the molecule is CC(=O)Nc1cc([C@@H](C)Nc2nc(C)nc3c4c(c(O)cc23)OC(C)(C)C4)cc(C(F)(F)F)c1. The highest BCUT2D eigenvalue weighted by Gasteiger charge is 2.35. The fourth-order valence-electron chi connectivity index (χ4n) is 4.17. The Kier molecular flexibility index (Phi) is 5.58. The topological polar surface area (TPSA) is 96.4 Å². The quantitative estimate of drug-likeness (QED) is 0.462. The van der Waals surface area contributed by atoms with Crippen LogP contribution in [0.3, 0.4) is 0 Å². The number of carbonyl (C=O) groups excluding carboxylic acids is 1. The fraction of sp³-hybridized carbons (Fsp3) is 0.375. The molecule has 1 aromatic heterocycles. The molecule has 0 saturated carbocycles. The number of aromatic nitrogens is 2. The zero-order valence-corrected chi connectivity index (χ0v) is 19.4. The maximum atomic E-state index is 13.5. The number of aromatic hydroxyl groups is 1. The number of aryl methyl sites for hydroxylation is 1. The third-order valence-corrected chi connectivity index (χ3v) is 5.57. The highest BCUT2D eigenvalue weighted by Crippen LogP contribution is 2.46. The number of phenols is 1. The predicted octanol–water partition coefficient (Wildman–Crippen LogP) is 5.51. The van der Waals surface area contributed by atoms with Gasteiger partial charge < -0.3 is 20.5 Å². The van der Waals surface area contributed by atoms with Crippen molar-refractivity contribution in [2.45, 2.75) is 58.9 Å². The standard InChI is InChI=1S/C24H25F3N4O3/c1-11(14-6-15(24(25,26)27)8-16(7-14)31-13(3)32)28-22-17-9-19(33)21-18(10-23(4,5)34-21)20(17)29-12(2)30-22/h6-9,11,33H,10H2,1-5H3,(H,31,32)(H,28,29,30)/t11-/m1/s1. The number of phenolic OH excluding ortho intramolecular Hbond substituents is 1. The number of ether oxygens (including phenoxy) is 1. The van der Waals surface area contributed by atoms with Crippen molar-refractivity contribution in [1.29, 1.82) is 0 Å². The van der Waals surface area contributed by atoms with Crippen LogP contribution in [-0.4, -0.2) is 26.6 Å². The van der Waals surface area contributed by atoms with Crippen molar-refractivity contribution in [1.82, 2.24) is 9.97 Å². The zero-order valence-electron chi connectivity index (χ0n) is 19.4. The molecule has 0 aliphatic carbocycles. The number of amides is 1. The molecule has 1 amide bonds. The van der Waals surface area contributed by atoms with Crippen LogP contribution in [-0.2, 0) is 17.4 Å². The molecule has 0 saturated heterocycles. The van der Waals surface area contributed by atoms with E-state index in [1.807, 2.05) is 13.8 Å². The average molecular weight is 474 g/mol. The van der Waals surface area contributed by atoms with E-state index >= 15 is 0 Å². The largest absolute Gasteiger partial charge is 0.504 e. The van der Waals surface area contributed by atoms with E-state index in [4.69, 9.17) is 4.74 Å². The molecule has 0 spiro atoms. The van der Waals surface area contributed by atoms with Crippen molar-refractivity contribution in [3.63, 3.8) is 0 Å². The van der Waals surface area contributed by atoms with E-state index in [-0.39, 0.29) is 11.4 Å². The van der Waals surface area contributed by atoms with Crippen LogP contribution in [0.5, 0.6) is 11.5 Å². The molecule has 4 rings (SSSR count). The van der Waals surface area contributed by atoms with Crippen LogP contribution in [0.2, 0.25) is 0 Å². The van der Waals surface area contributed by atoms with E-state index in [9.17, 15) is 23.1 Å². The third-order valence-electron chi connectivity index (χ3n) is 5.57. The maximum absolute atomic E-state index is 13.5. The number of nitrogens with one attached hydrogen (secondary N) is 2. The number of hydrogen-bond acceptors (Lipinski definition) is 6. The van der Waals surface area contributed by atoms with E-state index in [0.717, 1.165) is 17.7 Å². The number of alkyl halides is 3. The third kappa shape index (κ3) is 4.57. The molecule has 1 aliphatic heterocycles. The number of fused-ring (bicyclic) bond motifs is 3. The Morgan fingerprint density at radius 1 is 1.21 bits per heavy atom. The van der Waals surface area contributed by atoms with Gasteiger partial charge in [-0.1, -0.05) is 0 Å². The summed E-state index contributed by atoms with van der Waals surface area (Å²) in [5, 5.41) is 16.7. The van der Waals surface area contributed by atoms with E-state index in [0.29, 0.717) is 40.3 Å². The molecule has 7 nitrogen and oxygen atoms in total. The first-order chi connectivity index (χ1) is 15.7. The molecule has 3 N–H and O–H groups in total. The monoisotopic (exact) mass is 474 g/mol. The van der Waals surface area contributed by atoms with Crippen LogP contribution in [0.4, 0.5) is 24.7 Å². The van der Waals surface area contributed by atoms with Crippen LogP contribution in [0, 0.1) is 6.92 Å². The van der Waals surface area contributed by atoms with Crippen molar-refractivity contribution >= 4 is 28.3 Å². The van der Waals surface area contributed by atoms with Crippen molar-refractivity contribution in [3.05, 3.63) is 46.8 Å². The van der Waals surface area contributed by atoms with Crippen molar-refractivity contribution in [3.8, 4) is 11.5 Å². The summed E-state index contributed by atoms with van der Waals surface area (Å²) in [5.74, 6) is 0.688. The highest BCUT2D eigenvalue weighted by atomic mass is 19.4.